The molecule has 33 heavy (non-hydrogen) atoms. The van der Waals surface area contributed by atoms with Crippen molar-refractivity contribution >= 4 is 38.8 Å². The lowest BCUT2D eigenvalue weighted by Crippen LogP contribution is -2.18. The summed E-state index contributed by atoms with van der Waals surface area (Å²) in [6, 6.07) is 30.7. The van der Waals surface area contributed by atoms with Crippen molar-refractivity contribution in [1.82, 2.24) is 0 Å². The van der Waals surface area contributed by atoms with Gasteiger partial charge in [0, 0.05) is 6.42 Å². The Hall–Kier alpha value is -4.25. The van der Waals surface area contributed by atoms with Crippen LogP contribution in [0.15, 0.2) is 101 Å². The molecule has 0 aliphatic carbocycles. The minimum Gasteiger partial charge on any atom is -0.497 e. The minimum atomic E-state index is 0.0256. The SMILES string of the molecule is COc1ccc(C2CC(c3oc4ccc5ccccc5c4c3N)=NN2c2ccccc2)cc1. The van der Waals surface area contributed by atoms with Crippen molar-refractivity contribution in [2.24, 2.45) is 5.10 Å². The van der Waals surface area contributed by atoms with E-state index in [0.717, 1.165) is 44.5 Å². The van der Waals surface area contributed by atoms with Crippen molar-refractivity contribution in [2.45, 2.75) is 12.5 Å². The predicted molar refractivity (Wildman–Crippen MR) is 134 cm³/mol. The van der Waals surface area contributed by atoms with E-state index in [1.165, 1.54) is 0 Å². The van der Waals surface area contributed by atoms with Gasteiger partial charge in [-0.2, -0.15) is 5.10 Å². The minimum absolute atomic E-state index is 0.0256. The van der Waals surface area contributed by atoms with E-state index in [9.17, 15) is 0 Å². The highest BCUT2D eigenvalue weighted by molar-refractivity contribution is 6.18. The van der Waals surface area contributed by atoms with E-state index in [-0.39, 0.29) is 6.04 Å². The zero-order valence-corrected chi connectivity index (χ0v) is 18.2. The fourth-order valence-corrected chi connectivity index (χ4v) is 4.66. The van der Waals surface area contributed by atoms with Crippen LogP contribution in [0.5, 0.6) is 5.75 Å². The molecule has 0 radical (unpaired) electrons. The second kappa shape index (κ2) is 7.71. The number of nitrogens with zero attached hydrogens (tertiary/aromatic N) is 2. The van der Waals surface area contributed by atoms with Crippen LogP contribution < -0.4 is 15.5 Å². The van der Waals surface area contributed by atoms with Gasteiger partial charge in [0.1, 0.15) is 17.0 Å². The van der Waals surface area contributed by atoms with E-state index in [1.54, 1.807) is 7.11 Å². The van der Waals surface area contributed by atoms with E-state index < -0.39 is 0 Å². The van der Waals surface area contributed by atoms with E-state index >= 15 is 0 Å². The van der Waals surface area contributed by atoms with Gasteiger partial charge in [0.25, 0.3) is 0 Å². The van der Waals surface area contributed by atoms with E-state index in [4.69, 9.17) is 20.0 Å². The lowest BCUT2D eigenvalue weighted by atomic mass is 9.99. The van der Waals surface area contributed by atoms with Gasteiger partial charge in [-0.1, -0.05) is 60.7 Å². The average molecular weight is 434 g/mol. The second-order valence-corrected chi connectivity index (χ2v) is 8.22. The molecule has 162 valence electrons. The molecule has 6 rings (SSSR count). The van der Waals surface area contributed by atoms with Gasteiger partial charge in [0.2, 0.25) is 0 Å². The molecule has 0 saturated heterocycles. The molecule has 4 aromatic carbocycles. The lowest BCUT2D eigenvalue weighted by Gasteiger charge is -2.24. The Morgan fingerprint density at radius 3 is 2.45 bits per heavy atom. The fraction of sp³-hybridized carbons (Fsp3) is 0.107. The maximum atomic E-state index is 6.68. The molecule has 0 amide bonds. The second-order valence-electron chi connectivity index (χ2n) is 8.22. The zero-order chi connectivity index (χ0) is 22.4. The van der Waals surface area contributed by atoms with Crippen molar-refractivity contribution in [3.8, 4) is 5.75 Å². The molecule has 0 fully saturated rings. The van der Waals surface area contributed by atoms with Gasteiger partial charge in [0.15, 0.2) is 5.76 Å². The lowest BCUT2D eigenvalue weighted by molar-refractivity contribution is 0.414. The largest absolute Gasteiger partial charge is 0.497 e. The van der Waals surface area contributed by atoms with Gasteiger partial charge < -0.3 is 14.9 Å². The third-order valence-corrected chi connectivity index (χ3v) is 6.31. The highest BCUT2D eigenvalue weighted by atomic mass is 16.5. The molecule has 2 heterocycles. The summed E-state index contributed by atoms with van der Waals surface area (Å²) >= 11 is 0. The molecular formula is C28H23N3O2. The number of anilines is 2. The standard InChI is InChI=1S/C28H23N3O2/c1-32-21-14-11-19(12-15-21)24-17-23(30-31(24)20-8-3-2-4-9-20)28-27(29)26-22-10-6-5-7-18(22)13-16-25(26)33-28/h2-16,24H,17,29H2,1H3. The van der Waals surface area contributed by atoms with Crippen molar-refractivity contribution in [3.05, 3.63) is 102 Å². The number of para-hydroxylation sites is 1. The summed E-state index contributed by atoms with van der Waals surface area (Å²) < 4.78 is 11.6. The van der Waals surface area contributed by atoms with Crippen LogP contribution in [0, 0.1) is 0 Å². The van der Waals surface area contributed by atoms with Crippen LogP contribution in [0.25, 0.3) is 21.7 Å². The molecule has 5 heteroatoms. The van der Waals surface area contributed by atoms with Crippen molar-refractivity contribution < 1.29 is 9.15 Å². The summed E-state index contributed by atoms with van der Waals surface area (Å²) in [5, 5.41) is 10.2. The average Bonchev–Trinajstić information content (AvgIpc) is 3.46. The summed E-state index contributed by atoms with van der Waals surface area (Å²) in [5.74, 6) is 1.48. The maximum absolute atomic E-state index is 6.68. The van der Waals surface area contributed by atoms with E-state index in [0.29, 0.717) is 17.9 Å². The number of rotatable bonds is 4. The monoisotopic (exact) mass is 433 g/mol. The third-order valence-electron chi connectivity index (χ3n) is 6.31. The normalized spacial score (nSPS) is 15.8. The first kappa shape index (κ1) is 19.4. The number of methoxy groups -OCH3 is 1. The molecule has 1 aromatic heterocycles. The molecular weight excluding hydrogens is 410 g/mol. The third kappa shape index (κ3) is 3.21. The van der Waals surface area contributed by atoms with Gasteiger partial charge in [-0.15, -0.1) is 0 Å². The Morgan fingerprint density at radius 2 is 1.67 bits per heavy atom. The smallest absolute Gasteiger partial charge is 0.174 e. The number of fused-ring (bicyclic) bond motifs is 3. The summed E-state index contributed by atoms with van der Waals surface area (Å²) in [6.07, 6.45) is 0.684. The van der Waals surface area contributed by atoms with Gasteiger partial charge in [-0.25, -0.2) is 0 Å². The molecule has 2 N–H and O–H groups in total. The predicted octanol–water partition coefficient (Wildman–Crippen LogP) is 6.53. The van der Waals surface area contributed by atoms with Gasteiger partial charge in [-0.3, -0.25) is 5.01 Å². The number of nitrogens with two attached hydrogens (primary N) is 1. The number of benzene rings is 4. The molecule has 0 bridgehead atoms. The van der Waals surface area contributed by atoms with Gasteiger partial charge in [0.05, 0.1) is 29.9 Å². The van der Waals surface area contributed by atoms with Crippen LogP contribution in [0.3, 0.4) is 0 Å². The number of hydrogen-bond donors (Lipinski definition) is 1. The van der Waals surface area contributed by atoms with Crippen LogP contribution in [-0.2, 0) is 0 Å². The Morgan fingerprint density at radius 1 is 0.909 bits per heavy atom. The molecule has 1 aliphatic heterocycles. The molecule has 1 unspecified atom stereocenters. The van der Waals surface area contributed by atoms with E-state index in [2.05, 4.69) is 47.5 Å². The first-order valence-corrected chi connectivity index (χ1v) is 11.0. The Bertz CT molecular complexity index is 1490. The van der Waals surface area contributed by atoms with Crippen LogP contribution in [0.4, 0.5) is 11.4 Å². The molecule has 5 nitrogen and oxygen atoms in total. The van der Waals surface area contributed by atoms with Crippen molar-refractivity contribution in [3.63, 3.8) is 0 Å². The van der Waals surface area contributed by atoms with Gasteiger partial charge >= 0.3 is 0 Å². The highest BCUT2D eigenvalue weighted by Crippen LogP contribution is 2.41. The van der Waals surface area contributed by atoms with Crippen LogP contribution in [0.1, 0.15) is 23.8 Å². The molecule has 1 atom stereocenters. The number of hydrazone groups is 1. The molecule has 0 saturated carbocycles. The number of furan rings is 1. The van der Waals surface area contributed by atoms with E-state index in [1.807, 2.05) is 48.5 Å². The number of ether oxygens (including phenoxy) is 1. The van der Waals surface area contributed by atoms with Crippen LogP contribution in [0.2, 0.25) is 0 Å². The van der Waals surface area contributed by atoms with Crippen molar-refractivity contribution in [2.75, 3.05) is 17.9 Å². The molecule has 1 aliphatic rings. The maximum Gasteiger partial charge on any atom is 0.174 e. The molecule has 5 aromatic rings. The van der Waals surface area contributed by atoms with Crippen LogP contribution >= 0.6 is 0 Å². The highest BCUT2D eigenvalue weighted by Gasteiger charge is 2.33. The Kier molecular flexibility index (Phi) is 4.54. The topological polar surface area (TPSA) is 64.0 Å². The quantitative estimate of drug-likeness (QED) is 0.350. The first-order chi connectivity index (χ1) is 16.2. The summed E-state index contributed by atoms with van der Waals surface area (Å²) in [6.45, 7) is 0. The van der Waals surface area contributed by atoms with Crippen LogP contribution in [-0.4, -0.2) is 12.8 Å². The fourth-order valence-electron chi connectivity index (χ4n) is 4.66. The zero-order valence-electron chi connectivity index (χ0n) is 18.2. The number of nitrogen functional groups attached to an aromatic ring is 1. The summed E-state index contributed by atoms with van der Waals surface area (Å²) in [7, 11) is 1.68. The molecule has 0 spiro atoms. The van der Waals surface area contributed by atoms with Crippen molar-refractivity contribution in [1.29, 1.82) is 0 Å². The Balaban J connectivity index is 1.47. The first-order valence-electron chi connectivity index (χ1n) is 11.0. The van der Waals surface area contributed by atoms with Gasteiger partial charge in [-0.05, 0) is 46.7 Å². The Labute approximate surface area is 191 Å². The number of hydrogen-bond acceptors (Lipinski definition) is 5. The summed E-state index contributed by atoms with van der Waals surface area (Å²) in [5.41, 5.74) is 11.1. The summed E-state index contributed by atoms with van der Waals surface area (Å²) in [4.78, 5) is 0.